The average Bonchev–Trinajstić information content (AvgIpc) is 2.24. The summed E-state index contributed by atoms with van der Waals surface area (Å²) in [5, 5.41) is 11.6. The SMILES string of the molecule is CC1CC(C)CC(NC(=O)N(C)CCC(=O)O)C1. The van der Waals surface area contributed by atoms with Gasteiger partial charge in [-0.15, -0.1) is 0 Å². The number of carbonyl (C=O) groups excluding carboxylic acids is 1. The Morgan fingerprint density at radius 2 is 1.78 bits per heavy atom. The number of urea groups is 1. The van der Waals surface area contributed by atoms with Gasteiger partial charge in [-0.05, 0) is 31.1 Å². The van der Waals surface area contributed by atoms with Gasteiger partial charge in [0, 0.05) is 19.6 Å². The molecule has 0 aromatic carbocycles. The highest BCUT2D eigenvalue weighted by Crippen LogP contribution is 2.28. The van der Waals surface area contributed by atoms with Gasteiger partial charge in [-0.25, -0.2) is 4.79 Å². The lowest BCUT2D eigenvalue weighted by Crippen LogP contribution is -2.46. The van der Waals surface area contributed by atoms with E-state index in [1.54, 1.807) is 7.05 Å². The van der Waals surface area contributed by atoms with Gasteiger partial charge in [0.2, 0.25) is 0 Å². The Morgan fingerprint density at radius 1 is 1.22 bits per heavy atom. The molecule has 5 heteroatoms. The van der Waals surface area contributed by atoms with E-state index in [1.165, 1.54) is 11.3 Å². The van der Waals surface area contributed by atoms with Crippen LogP contribution in [0.2, 0.25) is 0 Å². The number of carbonyl (C=O) groups is 2. The zero-order valence-electron chi connectivity index (χ0n) is 11.5. The number of amides is 2. The number of carboxylic acid groups (broad SMARTS) is 1. The Kier molecular flexibility index (Phi) is 5.44. The van der Waals surface area contributed by atoms with Gasteiger partial charge < -0.3 is 15.3 Å². The first-order chi connectivity index (χ1) is 8.38. The van der Waals surface area contributed by atoms with Crippen LogP contribution in [0.5, 0.6) is 0 Å². The number of nitrogens with zero attached hydrogens (tertiary/aromatic N) is 1. The number of hydrogen-bond donors (Lipinski definition) is 2. The van der Waals surface area contributed by atoms with E-state index in [2.05, 4.69) is 19.2 Å². The molecule has 2 amide bonds. The van der Waals surface area contributed by atoms with Crippen LogP contribution in [0.4, 0.5) is 4.79 Å². The smallest absolute Gasteiger partial charge is 0.317 e. The second-order valence-corrected chi connectivity index (χ2v) is 5.63. The van der Waals surface area contributed by atoms with Gasteiger partial charge in [-0.2, -0.15) is 0 Å². The third-order valence-electron chi connectivity index (χ3n) is 3.51. The van der Waals surface area contributed by atoms with Crippen LogP contribution in [0.3, 0.4) is 0 Å². The summed E-state index contributed by atoms with van der Waals surface area (Å²) in [6, 6.07) is 0.0612. The van der Waals surface area contributed by atoms with Gasteiger partial charge in [-0.1, -0.05) is 13.8 Å². The molecule has 1 aliphatic rings. The number of hydrogen-bond acceptors (Lipinski definition) is 2. The minimum absolute atomic E-state index is 0.0125. The Balaban J connectivity index is 2.36. The monoisotopic (exact) mass is 256 g/mol. The summed E-state index contributed by atoms with van der Waals surface area (Å²) in [6.07, 6.45) is 3.24. The fourth-order valence-corrected chi connectivity index (χ4v) is 2.71. The van der Waals surface area contributed by atoms with Crippen molar-refractivity contribution in [3.63, 3.8) is 0 Å². The van der Waals surface area contributed by atoms with Gasteiger partial charge in [0.15, 0.2) is 0 Å². The molecule has 2 atom stereocenters. The normalized spacial score (nSPS) is 27.6. The van der Waals surface area contributed by atoms with Gasteiger partial charge in [-0.3, -0.25) is 4.79 Å². The van der Waals surface area contributed by atoms with Crippen LogP contribution in [0.25, 0.3) is 0 Å². The summed E-state index contributed by atoms with van der Waals surface area (Å²) in [5.41, 5.74) is 0. The standard InChI is InChI=1S/C13H24N2O3/c1-9-6-10(2)8-11(7-9)14-13(18)15(3)5-4-12(16)17/h9-11H,4-8H2,1-3H3,(H,14,18)(H,16,17). The molecule has 18 heavy (non-hydrogen) atoms. The van der Waals surface area contributed by atoms with Gasteiger partial charge in [0.1, 0.15) is 0 Å². The molecule has 5 nitrogen and oxygen atoms in total. The summed E-state index contributed by atoms with van der Waals surface area (Å²) < 4.78 is 0. The van der Waals surface area contributed by atoms with E-state index in [0.29, 0.717) is 11.8 Å². The van der Waals surface area contributed by atoms with Crippen LogP contribution in [0.15, 0.2) is 0 Å². The second kappa shape index (κ2) is 6.61. The lowest BCUT2D eigenvalue weighted by atomic mass is 9.80. The van der Waals surface area contributed by atoms with E-state index >= 15 is 0 Å². The highest BCUT2D eigenvalue weighted by atomic mass is 16.4. The van der Waals surface area contributed by atoms with E-state index in [9.17, 15) is 9.59 Å². The summed E-state index contributed by atoms with van der Waals surface area (Å²) >= 11 is 0. The molecule has 0 aromatic heterocycles. The molecule has 1 aliphatic carbocycles. The molecule has 1 rings (SSSR count). The van der Waals surface area contributed by atoms with Crippen molar-refractivity contribution in [2.24, 2.45) is 11.8 Å². The van der Waals surface area contributed by atoms with Crippen molar-refractivity contribution in [3.8, 4) is 0 Å². The first-order valence-electron chi connectivity index (χ1n) is 6.62. The van der Waals surface area contributed by atoms with Crippen LogP contribution >= 0.6 is 0 Å². The number of nitrogens with one attached hydrogen (secondary N) is 1. The van der Waals surface area contributed by atoms with E-state index in [0.717, 1.165) is 12.8 Å². The number of carboxylic acids is 1. The summed E-state index contributed by atoms with van der Waals surface area (Å²) in [4.78, 5) is 23.7. The molecule has 0 heterocycles. The van der Waals surface area contributed by atoms with Gasteiger partial charge in [0.05, 0.1) is 6.42 Å². The lowest BCUT2D eigenvalue weighted by Gasteiger charge is -2.33. The minimum Gasteiger partial charge on any atom is -0.481 e. The topological polar surface area (TPSA) is 69.6 Å². The fraction of sp³-hybridized carbons (Fsp3) is 0.846. The predicted molar refractivity (Wildman–Crippen MR) is 69.4 cm³/mol. The third kappa shape index (κ3) is 4.94. The van der Waals surface area contributed by atoms with Crippen LogP contribution in [-0.4, -0.2) is 41.6 Å². The minimum atomic E-state index is -0.880. The Labute approximate surface area is 109 Å². The maximum atomic E-state index is 11.9. The second-order valence-electron chi connectivity index (χ2n) is 5.63. The molecule has 0 bridgehead atoms. The lowest BCUT2D eigenvalue weighted by molar-refractivity contribution is -0.137. The third-order valence-corrected chi connectivity index (χ3v) is 3.51. The fourth-order valence-electron chi connectivity index (χ4n) is 2.71. The maximum Gasteiger partial charge on any atom is 0.317 e. The molecule has 0 saturated heterocycles. The van der Waals surface area contributed by atoms with Crippen LogP contribution in [0, 0.1) is 11.8 Å². The summed E-state index contributed by atoms with van der Waals surface area (Å²) in [7, 11) is 1.63. The molecule has 0 aliphatic heterocycles. The van der Waals surface area contributed by atoms with E-state index < -0.39 is 5.97 Å². The molecule has 1 fully saturated rings. The molecule has 1 saturated carbocycles. The zero-order valence-corrected chi connectivity index (χ0v) is 11.5. The summed E-state index contributed by atoms with van der Waals surface area (Å²) in [6.45, 7) is 4.67. The quantitative estimate of drug-likeness (QED) is 0.807. The average molecular weight is 256 g/mol. The Morgan fingerprint density at radius 3 is 2.28 bits per heavy atom. The zero-order chi connectivity index (χ0) is 13.7. The Hall–Kier alpha value is -1.26. The first kappa shape index (κ1) is 14.8. The maximum absolute atomic E-state index is 11.9. The highest BCUT2D eigenvalue weighted by molar-refractivity contribution is 5.75. The van der Waals surface area contributed by atoms with Crippen LogP contribution in [0.1, 0.15) is 39.5 Å². The van der Waals surface area contributed by atoms with Crippen molar-refractivity contribution in [1.29, 1.82) is 0 Å². The van der Waals surface area contributed by atoms with E-state index in [4.69, 9.17) is 5.11 Å². The molecule has 0 spiro atoms. The molecule has 104 valence electrons. The first-order valence-corrected chi connectivity index (χ1v) is 6.62. The molecule has 2 unspecified atom stereocenters. The largest absolute Gasteiger partial charge is 0.481 e. The summed E-state index contributed by atoms with van der Waals surface area (Å²) in [5.74, 6) is 0.404. The van der Waals surface area contributed by atoms with E-state index in [-0.39, 0.29) is 25.0 Å². The van der Waals surface area contributed by atoms with Gasteiger partial charge >= 0.3 is 12.0 Å². The van der Waals surface area contributed by atoms with Crippen molar-refractivity contribution in [3.05, 3.63) is 0 Å². The highest BCUT2D eigenvalue weighted by Gasteiger charge is 2.25. The van der Waals surface area contributed by atoms with Crippen molar-refractivity contribution in [2.75, 3.05) is 13.6 Å². The molecule has 2 N–H and O–H groups in total. The molecule has 0 radical (unpaired) electrons. The van der Waals surface area contributed by atoms with Crippen molar-refractivity contribution in [2.45, 2.75) is 45.6 Å². The Bertz CT molecular complexity index is 297. The van der Waals surface area contributed by atoms with Crippen LogP contribution < -0.4 is 5.32 Å². The molecular weight excluding hydrogens is 232 g/mol. The van der Waals surface area contributed by atoms with Crippen LogP contribution in [-0.2, 0) is 4.79 Å². The predicted octanol–water partition coefficient (Wildman–Crippen LogP) is 1.93. The number of rotatable bonds is 4. The van der Waals surface area contributed by atoms with Crippen molar-refractivity contribution >= 4 is 12.0 Å². The molecule has 0 aromatic rings. The van der Waals surface area contributed by atoms with Gasteiger partial charge in [0.25, 0.3) is 0 Å². The van der Waals surface area contributed by atoms with E-state index in [1.807, 2.05) is 0 Å². The molecular formula is C13H24N2O3. The van der Waals surface area contributed by atoms with Crippen molar-refractivity contribution < 1.29 is 14.7 Å². The number of aliphatic carboxylic acids is 1. The van der Waals surface area contributed by atoms with Crippen molar-refractivity contribution in [1.82, 2.24) is 10.2 Å².